The molecule has 14 heavy (non-hydrogen) atoms. The number of halogens is 1. The van der Waals surface area contributed by atoms with Gasteiger partial charge in [-0.25, -0.2) is 9.18 Å². The number of carbonyl (C=O) groups is 1. The van der Waals surface area contributed by atoms with Gasteiger partial charge in [-0.15, -0.1) is 0 Å². The smallest absolute Gasteiger partial charge is 0.407 e. The van der Waals surface area contributed by atoms with Gasteiger partial charge in [-0.2, -0.15) is 0 Å². The number of amides is 1. The van der Waals surface area contributed by atoms with E-state index in [-0.39, 0.29) is 6.04 Å². The number of nitrogens with one attached hydrogen (secondary N) is 1. The number of ether oxygens (including phenoxy) is 1. The van der Waals surface area contributed by atoms with Crippen LogP contribution in [0.3, 0.4) is 0 Å². The van der Waals surface area contributed by atoms with Gasteiger partial charge in [-0.05, 0) is 32.6 Å². The molecule has 3 atom stereocenters. The maximum atomic E-state index is 13.2. The first-order chi connectivity index (χ1) is 6.49. The van der Waals surface area contributed by atoms with Crippen LogP contribution < -0.4 is 5.32 Å². The van der Waals surface area contributed by atoms with Gasteiger partial charge in [0.1, 0.15) is 12.3 Å². The number of alkyl halides is 1. The van der Waals surface area contributed by atoms with Gasteiger partial charge in [0.25, 0.3) is 0 Å². The molecule has 1 rings (SSSR count). The number of carbonyl (C=O) groups excluding carboxylic acids is 1. The second-order valence-electron chi connectivity index (χ2n) is 4.34. The molecular formula is C10H18FNO2. The fourth-order valence-corrected chi connectivity index (χ4v) is 1.71. The van der Waals surface area contributed by atoms with Crippen molar-refractivity contribution >= 4 is 6.09 Å². The monoisotopic (exact) mass is 203 g/mol. The second-order valence-corrected chi connectivity index (χ2v) is 4.34. The molecule has 1 fully saturated rings. The third-order valence-electron chi connectivity index (χ3n) is 2.33. The van der Waals surface area contributed by atoms with Gasteiger partial charge in [0, 0.05) is 6.04 Å². The molecule has 0 saturated heterocycles. The molecule has 0 heterocycles. The highest BCUT2D eigenvalue weighted by Gasteiger charge is 2.34. The minimum atomic E-state index is -0.997. The number of hydrogen-bond donors (Lipinski definition) is 1. The lowest BCUT2D eigenvalue weighted by Gasteiger charge is -2.16. The van der Waals surface area contributed by atoms with E-state index in [1.54, 1.807) is 0 Å². The lowest BCUT2D eigenvalue weighted by Crippen LogP contribution is -2.35. The molecule has 0 aromatic rings. The first-order valence-corrected chi connectivity index (χ1v) is 5.10. The van der Waals surface area contributed by atoms with Gasteiger partial charge in [0.15, 0.2) is 0 Å². The van der Waals surface area contributed by atoms with Crippen LogP contribution in [0, 0.1) is 5.92 Å². The molecule has 1 N–H and O–H groups in total. The Kier molecular flexibility index (Phi) is 3.72. The Bertz CT molecular complexity index is 208. The van der Waals surface area contributed by atoms with Gasteiger partial charge < -0.3 is 10.1 Å². The molecule has 0 spiro atoms. The van der Waals surface area contributed by atoms with Crippen molar-refractivity contribution in [3.05, 3.63) is 0 Å². The fraction of sp³-hybridized carbons (Fsp3) is 0.900. The van der Waals surface area contributed by atoms with E-state index in [2.05, 4.69) is 5.32 Å². The summed E-state index contributed by atoms with van der Waals surface area (Å²) in [5.41, 5.74) is 0. The predicted octanol–water partition coefficient (Wildman–Crippen LogP) is 2.26. The molecule has 1 aliphatic rings. The van der Waals surface area contributed by atoms with Crippen molar-refractivity contribution in [1.82, 2.24) is 5.32 Å². The highest BCUT2D eigenvalue weighted by atomic mass is 19.1. The SMILES string of the molecule is CC(C)NC(=O)O[C@H]1C[C@@H](C)C[C@H]1F. The summed E-state index contributed by atoms with van der Waals surface area (Å²) >= 11 is 0. The van der Waals surface area contributed by atoms with Crippen LogP contribution in [-0.4, -0.2) is 24.4 Å². The number of rotatable bonds is 2. The van der Waals surface area contributed by atoms with Crippen molar-refractivity contribution in [1.29, 1.82) is 0 Å². The predicted molar refractivity (Wildman–Crippen MR) is 51.8 cm³/mol. The Morgan fingerprint density at radius 3 is 2.57 bits per heavy atom. The van der Waals surface area contributed by atoms with Gasteiger partial charge in [-0.3, -0.25) is 0 Å². The molecule has 1 amide bonds. The van der Waals surface area contributed by atoms with E-state index in [0.717, 1.165) is 0 Å². The molecule has 0 aromatic carbocycles. The first-order valence-electron chi connectivity index (χ1n) is 5.10. The van der Waals surface area contributed by atoms with Crippen molar-refractivity contribution in [3.63, 3.8) is 0 Å². The molecule has 3 nitrogen and oxygen atoms in total. The van der Waals surface area contributed by atoms with Crippen LogP contribution in [0.4, 0.5) is 9.18 Å². The Balaban J connectivity index is 2.33. The van der Waals surface area contributed by atoms with Gasteiger partial charge in [0.2, 0.25) is 0 Å². The second kappa shape index (κ2) is 4.62. The largest absolute Gasteiger partial charge is 0.443 e. The van der Waals surface area contributed by atoms with Crippen LogP contribution in [0.15, 0.2) is 0 Å². The zero-order valence-electron chi connectivity index (χ0n) is 8.92. The van der Waals surface area contributed by atoms with Crippen molar-refractivity contribution in [3.8, 4) is 0 Å². The van der Waals surface area contributed by atoms with E-state index in [1.807, 2.05) is 20.8 Å². The summed E-state index contributed by atoms with van der Waals surface area (Å²) in [6, 6.07) is 0.0272. The van der Waals surface area contributed by atoms with Crippen molar-refractivity contribution in [2.45, 2.75) is 51.9 Å². The Morgan fingerprint density at radius 1 is 1.50 bits per heavy atom. The molecule has 1 aliphatic carbocycles. The average Bonchev–Trinajstić information content (AvgIpc) is 2.28. The van der Waals surface area contributed by atoms with Crippen LogP contribution in [0.25, 0.3) is 0 Å². The van der Waals surface area contributed by atoms with E-state index < -0.39 is 18.4 Å². The Morgan fingerprint density at radius 2 is 2.14 bits per heavy atom. The molecule has 0 aromatic heterocycles. The summed E-state index contributed by atoms with van der Waals surface area (Å²) in [7, 11) is 0. The van der Waals surface area contributed by atoms with E-state index in [1.165, 1.54) is 0 Å². The van der Waals surface area contributed by atoms with Gasteiger partial charge >= 0.3 is 6.09 Å². The quantitative estimate of drug-likeness (QED) is 0.747. The third kappa shape index (κ3) is 3.16. The topological polar surface area (TPSA) is 38.3 Å². The van der Waals surface area contributed by atoms with Crippen LogP contribution in [0.5, 0.6) is 0 Å². The van der Waals surface area contributed by atoms with Crippen molar-refractivity contribution in [2.75, 3.05) is 0 Å². The summed E-state index contributed by atoms with van der Waals surface area (Å²) < 4.78 is 18.2. The van der Waals surface area contributed by atoms with E-state index in [0.29, 0.717) is 18.8 Å². The summed E-state index contributed by atoms with van der Waals surface area (Å²) in [6.45, 7) is 5.65. The lowest BCUT2D eigenvalue weighted by molar-refractivity contribution is 0.0591. The molecule has 82 valence electrons. The van der Waals surface area contributed by atoms with Crippen molar-refractivity contribution in [2.24, 2.45) is 5.92 Å². The standard InChI is InChI=1S/C10H18FNO2/c1-6(2)12-10(13)14-9-5-7(3)4-8(9)11/h6-9H,4-5H2,1-3H3,(H,12,13)/t7-,8+,9-/m0/s1. The molecular weight excluding hydrogens is 185 g/mol. The Labute approximate surface area is 84.0 Å². The Hall–Kier alpha value is -0.800. The number of alkyl carbamates (subject to hydrolysis) is 1. The van der Waals surface area contributed by atoms with Crippen LogP contribution in [-0.2, 0) is 4.74 Å². The molecule has 4 heteroatoms. The molecule has 1 saturated carbocycles. The van der Waals surface area contributed by atoms with Crippen LogP contribution in [0.2, 0.25) is 0 Å². The summed E-state index contributed by atoms with van der Waals surface area (Å²) in [5, 5.41) is 2.58. The maximum Gasteiger partial charge on any atom is 0.407 e. The van der Waals surface area contributed by atoms with Crippen LogP contribution >= 0.6 is 0 Å². The minimum Gasteiger partial charge on any atom is -0.443 e. The normalized spacial score (nSPS) is 31.9. The molecule has 0 bridgehead atoms. The highest BCUT2D eigenvalue weighted by molar-refractivity contribution is 5.67. The first kappa shape index (κ1) is 11.3. The molecule has 0 aliphatic heterocycles. The van der Waals surface area contributed by atoms with Crippen LogP contribution in [0.1, 0.15) is 33.6 Å². The van der Waals surface area contributed by atoms with Gasteiger partial charge in [-0.1, -0.05) is 6.92 Å². The van der Waals surface area contributed by atoms with E-state index >= 15 is 0 Å². The van der Waals surface area contributed by atoms with E-state index in [9.17, 15) is 9.18 Å². The molecule has 0 radical (unpaired) electrons. The fourth-order valence-electron chi connectivity index (χ4n) is 1.71. The van der Waals surface area contributed by atoms with E-state index in [4.69, 9.17) is 4.74 Å². The lowest BCUT2D eigenvalue weighted by atomic mass is 10.1. The van der Waals surface area contributed by atoms with Gasteiger partial charge in [0.05, 0.1) is 0 Å². The molecule has 0 unspecified atom stereocenters. The highest BCUT2D eigenvalue weighted by Crippen LogP contribution is 2.30. The third-order valence-corrected chi connectivity index (χ3v) is 2.33. The summed E-state index contributed by atoms with van der Waals surface area (Å²) in [5.74, 6) is 0.307. The number of hydrogen-bond acceptors (Lipinski definition) is 2. The van der Waals surface area contributed by atoms with Crippen molar-refractivity contribution < 1.29 is 13.9 Å². The average molecular weight is 203 g/mol. The zero-order valence-corrected chi connectivity index (χ0v) is 8.92. The zero-order chi connectivity index (χ0) is 10.7. The summed E-state index contributed by atoms with van der Waals surface area (Å²) in [6.07, 6.45) is -0.930. The summed E-state index contributed by atoms with van der Waals surface area (Å²) in [4.78, 5) is 11.2. The minimum absolute atomic E-state index is 0.0272. The maximum absolute atomic E-state index is 13.2.